The maximum absolute atomic E-state index is 14.7. The molecular weight excluding hydrogens is 408 g/mol. The van der Waals surface area contributed by atoms with Gasteiger partial charge >= 0.3 is 0 Å². The number of anilines is 2. The van der Waals surface area contributed by atoms with Gasteiger partial charge in [0.1, 0.15) is 35.2 Å². The average Bonchev–Trinajstić information content (AvgIpc) is 3.19. The number of benzene rings is 2. The third-order valence-electron chi connectivity index (χ3n) is 4.63. The third kappa shape index (κ3) is 3.54. The molecule has 0 spiro atoms. The smallest absolute Gasteiger partial charge is 0.251 e. The van der Waals surface area contributed by atoms with Gasteiger partial charge in [-0.1, -0.05) is 6.07 Å². The van der Waals surface area contributed by atoms with Crippen molar-refractivity contribution in [1.82, 2.24) is 15.0 Å². The molecule has 2 heterocycles. The van der Waals surface area contributed by atoms with E-state index in [0.717, 1.165) is 12.1 Å². The topological polar surface area (TPSA) is 123 Å². The highest BCUT2D eigenvalue weighted by Crippen LogP contribution is 2.30. The molecule has 2 aromatic carbocycles. The number of aromatic nitrogens is 3. The lowest BCUT2D eigenvalue weighted by Crippen LogP contribution is -2.17. The van der Waals surface area contributed by atoms with Crippen molar-refractivity contribution in [3.8, 4) is 5.75 Å². The summed E-state index contributed by atoms with van der Waals surface area (Å²) in [7, 11) is 1.52. The van der Waals surface area contributed by atoms with Crippen molar-refractivity contribution in [2.75, 3.05) is 12.4 Å². The first-order chi connectivity index (χ1) is 14.9. The first-order valence-corrected chi connectivity index (χ1v) is 8.96. The maximum Gasteiger partial charge on any atom is 0.251 e. The predicted molar refractivity (Wildman–Crippen MR) is 108 cm³/mol. The number of amides is 1. The Hall–Kier alpha value is -4.34. The molecule has 0 saturated heterocycles. The fourth-order valence-corrected chi connectivity index (χ4v) is 3.16. The van der Waals surface area contributed by atoms with E-state index in [-0.39, 0.29) is 22.4 Å². The van der Waals surface area contributed by atoms with Crippen molar-refractivity contribution in [2.45, 2.75) is 0 Å². The first kappa shape index (κ1) is 20.0. The van der Waals surface area contributed by atoms with Gasteiger partial charge in [0.15, 0.2) is 0 Å². The van der Waals surface area contributed by atoms with E-state index in [4.69, 9.17) is 10.5 Å². The summed E-state index contributed by atoms with van der Waals surface area (Å²) < 4.78 is 34.3. The minimum absolute atomic E-state index is 0.0829. The van der Waals surface area contributed by atoms with Crippen molar-refractivity contribution in [3.05, 3.63) is 77.2 Å². The number of ether oxygens (including phenoxy) is 1. The van der Waals surface area contributed by atoms with E-state index in [0.29, 0.717) is 11.4 Å². The number of nitrogens with two attached hydrogens (primary N) is 1. The second-order valence-electron chi connectivity index (χ2n) is 6.48. The van der Waals surface area contributed by atoms with Crippen LogP contribution in [0.5, 0.6) is 5.75 Å². The van der Waals surface area contributed by atoms with Gasteiger partial charge in [-0.25, -0.2) is 18.7 Å². The molecule has 10 heteroatoms. The van der Waals surface area contributed by atoms with Gasteiger partial charge in [-0.05, 0) is 24.3 Å². The molecule has 8 nitrogen and oxygen atoms in total. The highest BCUT2D eigenvalue weighted by atomic mass is 19.1. The van der Waals surface area contributed by atoms with E-state index in [1.807, 2.05) is 0 Å². The molecule has 4 N–H and O–H groups in total. The predicted octanol–water partition coefficient (Wildman–Crippen LogP) is 3.32. The summed E-state index contributed by atoms with van der Waals surface area (Å²) in [4.78, 5) is 35.5. The highest BCUT2D eigenvalue weighted by molar-refractivity contribution is 6.19. The zero-order valence-corrected chi connectivity index (χ0v) is 16.1. The second kappa shape index (κ2) is 7.82. The van der Waals surface area contributed by atoms with E-state index < -0.39 is 34.5 Å². The number of primary amides is 1. The van der Waals surface area contributed by atoms with Crippen LogP contribution >= 0.6 is 0 Å². The van der Waals surface area contributed by atoms with Crippen LogP contribution in [0.4, 0.5) is 20.3 Å². The van der Waals surface area contributed by atoms with E-state index in [1.165, 1.54) is 19.6 Å². The summed E-state index contributed by atoms with van der Waals surface area (Å²) in [5.41, 5.74) is 4.43. The molecule has 0 saturated carbocycles. The lowest BCUT2D eigenvalue weighted by Gasteiger charge is -2.10. The molecule has 156 valence electrons. The third-order valence-corrected chi connectivity index (χ3v) is 4.63. The van der Waals surface area contributed by atoms with Gasteiger partial charge in [-0.15, -0.1) is 0 Å². The van der Waals surface area contributed by atoms with Gasteiger partial charge in [-0.3, -0.25) is 9.59 Å². The van der Waals surface area contributed by atoms with Crippen LogP contribution in [-0.4, -0.2) is 33.8 Å². The lowest BCUT2D eigenvalue weighted by molar-refractivity contribution is 0.0996. The molecule has 4 rings (SSSR count). The van der Waals surface area contributed by atoms with Crippen molar-refractivity contribution < 1.29 is 23.1 Å². The van der Waals surface area contributed by atoms with Gasteiger partial charge in [0.25, 0.3) is 5.91 Å². The summed E-state index contributed by atoms with van der Waals surface area (Å²) in [5, 5.41) is 3.27. The number of hydrogen-bond acceptors (Lipinski definition) is 6. The number of nitrogens with zero attached hydrogens (tertiary/aromatic N) is 2. The van der Waals surface area contributed by atoms with E-state index in [9.17, 15) is 18.4 Å². The quantitative estimate of drug-likeness (QED) is 0.409. The van der Waals surface area contributed by atoms with Crippen LogP contribution in [0.3, 0.4) is 0 Å². The molecule has 0 aliphatic rings. The molecule has 2 aromatic heterocycles. The summed E-state index contributed by atoms with van der Waals surface area (Å²) in [6, 6.07) is 8.67. The summed E-state index contributed by atoms with van der Waals surface area (Å²) in [6.45, 7) is 0. The van der Waals surface area contributed by atoms with Gasteiger partial charge in [0.05, 0.1) is 29.2 Å². The van der Waals surface area contributed by atoms with Crippen LogP contribution in [0, 0.1) is 11.6 Å². The molecule has 4 aromatic rings. The van der Waals surface area contributed by atoms with Crippen LogP contribution < -0.4 is 15.8 Å². The molecule has 0 bridgehead atoms. The molecule has 0 aliphatic heterocycles. The number of carbonyl (C=O) groups is 2. The van der Waals surface area contributed by atoms with Gasteiger partial charge < -0.3 is 20.8 Å². The summed E-state index contributed by atoms with van der Waals surface area (Å²) in [5.74, 6) is -3.74. The van der Waals surface area contributed by atoms with Gasteiger partial charge in [-0.2, -0.15) is 0 Å². The number of ketones is 1. The molecule has 0 aliphatic carbocycles. The Bertz CT molecular complexity index is 1340. The Morgan fingerprint density at radius 1 is 1.13 bits per heavy atom. The van der Waals surface area contributed by atoms with Crippen LogP contribution in [-0.2, 0) is 0 Å². The number of rotatable bonds is 6. The zero-order chi connectivity index (χ0) is 22.1. The normalized spacial score (nSPS) is 10.8. The molecule has 1 amide bonds. The zero-order valence-electron chi connectivity index (χ0n) is 16.1. The average molecular weight is 423 g/mol. The van der Waals surface area contributed by atoms with E-state index in [1.54, 1.807) is 24.3 Å². The number of hydrogen-bond donors (Lipinski definition) is 3. The van der Waals surface area contributed by atoms with Crippen LogP contribution in [0.1, 0.15) is 26.3 Å². The number of H-pyrrole nitrogens is 1. The van der Waals surface area contributed by atoms with Crippen LogP contribution in [0.15, 0.2) is 48.9 Å². The summed E-state index contributed by atoms with van der Waals surface area (Å²) >= 11 is 0. The largest absolute Gasteiger partial charge is 0.497 e. The summed E-state index contributed by atoms with van der Waals surface area (Å²) in [6.07, 6.45) is 2.54. The highest BCUT2D eigenvalue weighted by Gasteiger charge is 2.27. The first-order valence-electron chi connectivity index (χ1n) is 8.96. The molecule has 31 heavy (non-hydrogen) atoms. The molecular formula is C21H15F2N5O3. The van der Waals surface area contributed by atoms with Crippen molar-refractivity contribution in [2.24, 2.45) is 5.73 Å². The minimum atomic E-state index is -1.33. The minimum Gasteiger partial charge on any atom is -0.497 e. The Labute approximate surface area is 174 Å². The lowest BCUT2D eigenvalue weighted by atomic mass is 9.99. The Kier molecular flexibility index (Phi) is 5.04. The van der Waals surface area contributed by atoms with E-state index in [2.05, 4.69) is 20.3 Å². The van der Waals surface area contributed by atoms with Crippen molar-refractivity contribution in [3.63, 3.8) is 0 Å². The molecule has 0 radical (unpaired) electrons. The number of fused-ring (bicyclic) bond motifs is 1. The number of nitrogens with one attached hydrogen (secondary N) is 2. The van der Waals surface area contributed by atoms with Gasteiger partial charge in [0.2, 0.25) is 5.78 Å². The number of methoxy groups -OCH3 is 1. The number of aromatic amines is 1. The second-order valence-corrected chi connectivity index (χ2v) is 6.48. The van der Waals surface area contributed by atoms with Crippen LogP contribution in [0.25, 0.3) is 11.0 Å². The fourth-order valence-electron chi connectivity index (χ4n) is 3.16. The monoisotopic (exact) mass is 423 g/mol. The molecule has 0 unspecified atom stereocenters. The standard InChI is InChI=1S/C21H15F2N5O3/c1-31-11-4-2-3-10(7-11)28-21-15-13(8-25-20(15)26-9-27-21)18(29)16-14(22)6-5-12(17(16)23)19(24)30/h2-9H,1H3,(H2,24,30)(H2,25,26,27,28). The maximum atomic E-state index is 14.7. The Morgan fingerprint density at radius 2 is 1.94 bits per heavy atom. The van der Waals surface area contributed by atoms with Crippen LogP contribution in [0.2, 0.25) is 0 Å². The van der Waals surface area contributed by atoms with Crippen molar-refractivity contribution in [1.29, 1.82) is 0 Å². The fraction of sp³-hybridized carbons (Fsp3) is 0.0476. The molecule has 0 fully saturated rings. The van der Waals surface area contributed by atoms with Gasteiger partial charge in [0, 0.05) is 18.0 Å². The van der Waals surface area contributed by atoms with E-state index >= 15 is 0 Å². The Balaban J connectivity index is 1.84. The molecule has 0 atom stereocenters. The number of carbonyl (C=O) groups excluding carboxylic acids is 2. The number of halogens is 2. The SMILES string of the molecule is COc1cccc(Nc2ncnc3[nH]cc(C(=O)c4c(F)ccc(C(N)=O)c4F)c23)c1. The van der Waals surface area contributed by atoms with Crippen molar-refractivity contribution >= 4 is 34.2 Å². The Morgan fingerprint density at radius 3 is 2.68 bits per heavy atom.